The van der Waals surface area contributed by atoms with Gasteiger partial charge in [0.25, 0.3) is 0 Å². The summed E-state index contributed by atoms with van der Waals surface area (Å²) in [6.07, 6.45) is 0. The Morgan fingerprint density at radius 1 is 1.75 bits per heavy atom. The molecule has 16 heavy (non-hydrogen) atoms. The molecule has 0 radical (unpaired) electrons. The number of nitrogens with two attached hydrogens (primary N) is 1. The molecule has 2 heterocycles. The van der Waals surface area contributed by atoms with Gasteiger partial charge in [0.2, 0.25) is 0 Å². The number of hydrogen-bond donors (Lipinski definition) is 1. The van der Waals surface area contributed by atoms with Crippen LogP contribution in [0.5, 0.6) is 0 Å². The molecule has 1 aliphatic heterocycles. The Kier molecular flexibility index (Phi) is 3.73. The first-order valence-corrected chi connectivity index (χ1v) is 8.01. The van der Waals surface area contributed by atoms with Crippen LogP contribution in [0.4, 0.5) is 0 Å². The van der Waals surface area contributed by atoms with Crippen LogP contribution in [0.2, 0.25) is 5.02 Å². The van der Waals surface area contributed by atoms with E-state index in [2.05, 4.69) is 20.9 Å². The lowest BCUT2D eigenvalue weighted by Gasteiger charge is -2.22. The number of amidine groups is 1. The molecule has 3 unspecified atom stereocenters. The summed E-state index contributed by atoms with van der Waals surface area (Å²) in [5.41, 5.74) is 5.76. The van der Waals surface area contributed by atoms with Crippen molar-refractivity contribution in [2.45, 2.75) is 18.2 Å². The molecule has 0 spiro atoms. The standard InChI is InChI=1S/C9H10BrClN2OS2/c1-4-9(12)13-6(3-16(4)14)8-5(11)2-7(10)15-8/h2,4,6H,3H2,1H3,(H2,12,13). The Morgan fingerprint density at radius 2 is 2.44 bits per heavy atom. The Balaban J connectivity index is 2.36. The second kappa shape index (κ2) is 4.76. The van der Waals surface area contributed by atoms with E-state index in [9.17, 15) is 4.21 Å². The zero-order chi connectivity index (χ0) is 11.9. The van der Waals surface area contributed by atoms with Crippen molar-refractivity contribution in [1.29, 1.82) is 0 Å². The van der Waals surface area contributed by atoms with E-state index >= 15 is 0 Å². The Hall–Kier alpha value is 0.0900. The molecule has 0 aromatic carbocycles. The van der Waals surface area contributed by atoms with Gasteiger partial charge in [-0.1, -0.05) is 11.6 Å². The van der Waals surface area contributed by atoms with Crippen molar-refractivity contribution in [2.24, 2.45) is 10.7 Å². The van der Waals surface area contributed by atoms with Crippen molar-refractivity contribution >= 4 is 55.5 Å². The third-order valence-corrected chi connectivity index (χ3v) is 6.26. The fourth-order valence-electron chi connectivity index (χ4n) is 1.47. The van der Waals surface area contributed by atoms with Gasteiger partial charge in [0.1, 0.15) is 5.84 Å². The van der Waals surface area contributed by atoms with Crippen LogP contribution in [0.1, 0.15) is 17.8 Å². The predicted molar refractivity (Wildman–Crippen MR) is 73.9 cm³/mol. The Morgan fingerprint density at radius 3 is 2.94 bits per heavy atom. The van der Waals surface area contributed by atoms with E-state index in [1.165, 1.54) is 11.3 Å². The second-order valence-corrected chi connectivity index (χ2v) is 8.19. The van der Waals surface area contributed by atoms with Gasteiger partial charge in [-0.3, -0.25) is 9.20 Å². The van der Waals surface area contributed by atoms with Crippen LogP contribution < -0.4 is 5.73 Å². The lowest BCUT2D eigenvalue weighted by Crippen LogP contribution is -2.37. The minimum atomic E-state index is -0.968. The summed E-state index contributed by atoms with van der Waals surface area (Å²) in [5.74, 6) is 0.948. The molecular weight excluding hydrogens is 332 g/mol. The quantitative estimate of drug-likeness (QED) is 0.854. The summed E-state index contributed by atoms with van der Waals surface area (Å²) in [7, 11) is -0.968. The van der Waals surface area contributed by atoms with Crippen molar-refractivity contribution in [1.82, 2.24) is 0 Å². The molecule has 1 aromatic heterocycles. The van der Waals surface area contributed by atoms with Crippen molar-refractivity contribution in [3.8, 4) is 0 Å². The monoisotopic (exact) mass is 340 g/mol. The number of hydrogen-bond acceptors (Lipinski definition) is 4. The number of aliphatic imine (C=N–C) groups is 1. The summed E-state index contributed by atoms with van der Waals surface area (Å²) < 4.78 is 12.8. The Bertz CT molecular complexity index is 474. The van der Waals surface area contributed by atoms with Crippen LogP contribution >= 0.6 is 38.9 Å². The number of halogens is 2. The van der Waals surface area contributed by atoms with E-state index in [1.54, 1.807) is 0 Å². The van der Waals surface area contributed by atoms with Crippen molar-refractivity contribution < 1.29 is 4.21 Å². The third-order valence-electron chi connectivity index (χ3n) is 2.42. The van der Waals surface area contributed by atoms with Crippen LogP contribution in [0.15, 0.2) is 14.8 Å². The first kappa shape index (κ1) is 12.5. The zero-order valence-corrected chi connectivity index (χ0v) is 12.4. The van der Waals surface area contributed by atoms with Crippen LogP contribution in [-0.4, -0.2) is 21.0 Å². The van der Waals surface area contributed by atoms with Gasteiger partial charge >= 0.3 is 0 Å². The highest BCUT2D eigenvalue weighted by Crippen LogP contribution is 2.38. The molecule has 1 aromatic rings. The minimum absolute atomic E-state index is 0.154. The van der Waals surface area contributed by atoms with E-state index in [-0.39, 0.29) is 11.3 Å². The molecule has 3 nitrogen and oxygen atoms in total. The zero-order valence-electron chi connectivity index (χ0n) is 8.44. The summed E-state index contributed by atoms with van der Waals surface area (Å²) >= 11 is 11.0. The molecule has 2 rings (SSSR count). The van der Waals surface area contributed by atoms with Gasteiger partial charge < -0.3 is 5.73 Å². The molecule has 0 bridgehead atoms. The highest BCUT2D eigenvalue weighted by molar-refractivity contribution is 9.11. The van der Waals surface area contributed by atoms with Gasteiger partial charge in [-0.05, 0) is 28.9 Å². The molecule has 1 aliphatic rings. The molecule has 2 N–H and O–H groups in total. The highest BCUT2D eigenvalue weighted by atomic mass is 79.9. The van der Waals surface area contributed by atoms with E-state index in [0.29, 0.717) is 16.6 Å². The van der Waals surface area contributed by atoms with Crippen molar-refractivity contribution in [3.05, 3.63) is 19.8 Å². The molecule has 88 valence electrons. The van der Waals surface area contributed by atoms with Crippen molar-refractivity contribution in [2.75, 3.05) is 5.75 Å². The van der Waals surface area contributed by atoms with Gasteiger partial charge in [0, 0.05) is 15.7 Å². The maximum Gasteiger partial charge on any atom is 0.110 e. The normalized spacial score (nSPS) is 30.2. The van der Waals surface area contributed by atoms with Crippen LogP contribution in [-0.2, 0) is 10.8 Å². The molecule has 0 amide bonds. The van der Waals surface area contributed by atoms with Gasteiger partial charge in [-0.25, -0.2) is 0 Å². The van der Waals surface area contributed by atoms with Crippen LogP contribution in [0.3, 0.4) is 0 Å². The maximum absolute atomic E-state index is 11.8. The fraction of sp³-hybridized carbons (Fsp3) is 0.444. The summed E-state index contributed by atoms with van der Waals surface area (Å²) in [6, 6.07) is 1.66. The van der Waals surface area contributed by atoms with E-state index < -0.39 is 10.8 Å². The van der Waals surface area contributed by atoms with E-state index in [0.717, 1.165) is 8.66 Å². The average Bonchev–Trinajstić information content (AvgIpc) is 2.53. The summed E-state index contributed by atoms with van der Waals surface area (Å²) in [5, 5.41) is 0.503. The fourth-order valence-corrected chi connectivity index (χ4v) is 4.86. The van der Waals surface area contributed by atoms with Gasteiger partial charge in [0.05, 0.1) is 25.9 Å². The number of rotatable bonds is 1. The van der Waals surface area contributed by atoms with Gasteiger partial charge in [0.15, 0.2) is 0 Å². The second-order valence-electron chi connectivity index (χ2n) is 3.52. The smallest absolute Gasteiger partial charge is 0.110 e. The Labute approximate surface area is 114 Å². The summed E-state index contributed by atoms with van der Waals surface area (Å²) in [6.45, 7) is 1.83. The molecule has 7 heteroatoms. The molecule has 0 fully saturated rings. The van der Waals surface area contributed by atoms with Gasteiger partial charge in [-0.15, -0.1) is 11.3 Å². The lowest BCUT2D eigenvalue weighted by atomic mass is 10.2. The largest absolute Gasteiger partial charge is 0.386 e. The molecule has 3 atom stereocenters. The molecular formula is C9H10BrClN2OS2. The lowest BCUT2D eigenvalue weighted by molar-refractivity contribution is 0.669. The van der Waals surface area contributed by atoms with Crippen LogP contribution in [0.25, 0.3) is 0 Å². The van der Waals surface area contributed by atoms with E-state index in [4.69, 9.17) is 17.3 Å². The average molecular weight is 342 g/mol. The van der Waals surface area contributed by atoms with E-state index in [1.807, 2.05) is 13.0 Å². The highest BCUT2D eigenvalue weighted by Gasteiger charge is 2.29. The number of nitrogens with zero attached hydrogens (tertiary/aromatic N) is 1. The topological polar surface area (TPSA) is 55.4 Å². The molecule has 0 saturated carbocycles. The molecule has 0 aliphatic carbocycles. The number of thiophene rings is 1. The molecule has 0 saturated heterocycles. The first-order valence-electron chi connectivity index (χ1n) is 4.64. The maximum atomic E-state index is 11.8. The first-order chi connectivity index (χ1) is 7.49. The third kappa shape index (κ3) is 2.34. The van der Waals surface area contributed by atoms with Crippen molar-refractivity contribution in [3.63, 3.8) is 0 Å². The minimum Gasteiger partial charge on any atom is -0.386 e. The predicted octanol–water partition coefficient (Wildman–Crippen LogP) is 2.71. The van der Waals surface area contributed by atoms with Crippen LogP contribution in [0, 0.1) is 0 Å². The van der Waals surface area contributed by atoms with Gasteiger partial charge in [-0.2, -0.15) is 0 Å². The SMILES string of the molecule is CC1C(N)=NC(c2sc(Br)cc2Cl)CS1=O. The summed E-state index contributed by atoms with van der Waals surface area (Å²) in [4.78, 5) is 5.29.